The highest BCUT2D eigenvalue weighted by atomic mass is 19.3. The summed E-state index contributed by atoms with van der Waals surface area (Å²) in [6.07, 6.45) is -4.11. The predicted octanol–water partition coefficient (Wildman–Crippen LogP) is 4.55. The zero-order valence-electron chi connectivity index (χ0n) is 11.4. The average Bonchev–Trinajstić information content (AvgIpc) is 2.54. The maximum absolute atomic E-state index is 14.2. The molecule has 11 heteroatoms. The quantitative estimate of drug-likeness (QED) is 0.282. The van der Waals surface area contributed by atoms with E-state index in [9.17, 15) is 49.4 Å². The Morgan fingerprint density at radius 3 is 1.56 bits per heavy atom. The number of hydrogen-bond donors (Lipinski definition) is 1. The molecule has 0 radical (unpaired) electrons. The van der Waals surface area contributed by atoms with E-state index in [0.29, 0.717) is 0 Å². The van der Waals surface area contributed by atoms with E-state index in [0.717, 1.165) is 0 Å². The van der Waals surface area contributed by atoms with Gasteiger partial charge >= 0.3 is 0 Å². The Morgan fingerprint density at radius 1 is 0.720 bits per heavy atom. The predicted molar refractivity (Wildman–Crippen MR) is 65.3 cm³/mol. The number of ketones is 1. The van der Waals surface area contributed by atoms with Gasteiger partial charge in [-0.3, -0.25) is 4.79 Å². The molecule has 0 atom stereocenters. The van der Waals surface area contributed by atoms with Crippen LogP contribution in [0.2, 0.25) is 0 Å². The SMILES string of the molecule is O=C(/C=C(\O)c1c(F)c(F)c2c(F)c(F)c(F)c(F)c2c1F)C(F)F. The van der Waals surface area contributed by atoms with E-state index < -0.39 is 81.1 Å². The van der Waals surface area contributed by atoms with Crippen LogP contribution in [0.25, 0.3) is 16.5 Å². The Labute approximate surface area is 131 Å². The zero-order chi connectivity index (χ0) is 19.2. The van der Waals surface area contributed by atoms with Crippen molar-refractivity contribution in [3.8, 4) is 0 Å². The highest BCUT2D eigenvalue weighted by Gasteiger charge is 2.32. The molecule has 0 amide bonds. The average molecular weight is 374 g/mol. The standard InChI is InChI=1S/C14H3F9O2/c15-7-4(2(24)1-3(25)14(22)23)8(16)9(17)6-5(7)10(18)12(20)13(21)11(6)19/h1,14,24H/b2-1-. The molecule has 1 N–H and O–H groups in total. The normalized spacial score (nSPS) is 12.3. The summed E-state index contributed by atoms with van der Waals surface area (Å²) in [5, 5.41) is 5.48. The van der Waals surface area contributed by atoms with Gasteiger partial charge in [-0.2, -0.15) is 0 Å². The highest BCUT2D eigenvalue weighted by molar-refractivity contribution is 5.98. The number of benzene rings is 2. The van der Waals surface area contributed by atoms with Crippen molar-refractivity contribution in [3.05, 3.63) is 52.4 Å². The van der Waals surface area contributed by atoms with Crippen molar-refractivity contribution in [2.24, 2.45) is 0 Å². The lowest BCUT2D eigenvalue weighted by Crippen LogP contribution is -2.10. The number of allylic oxidation sites excluding steroid dienone is 1. The van der Waals surface area contributed by atoms with E-state index >= 15 is 0 Å². The van der Waals surface area contributed by atoms with Gasteiger partial charge in [-0.15, -0.1) is 0 Å². The van der Waals surface area contributed by atoms with Crippen LogP contribution in [0, 0.1) is 40.7 Å². The van der Waals surface area contributed by atoms with Gasteiger partial charge < -0.3 is 5.11 Å². The fraction of sp³-hybridized carbons (Fsp3) is 0.0714. The molecule has 0 fully saturated rings. The zero-order valence-corrected chi connectivity index (χ0v) is 11.4. The summed E-state index contributed by atoms with van der Waals surface area (Å²) in [4.78, 5) is 10.7. The summed E-state index contributed by atoms with van der Waals surface area (Å²) >= 11 is 0. The van der Waals surface area contributed by atoms with E-state index in [4.69, 9.17) is 0 Å². The van der Waals surface area contributed by atoms with Crippen molar-refractivity contribution in [1.82, 2.24) is 0 Å². The molecule has 0 aliphatic heterocycles. The number of carbonyl (C=O) groups excluding carboxylic acids is 1. The first-order valence-corrected chi connectivity index (χ1v) is 6.05. The number of aliphatic hydroxyl groups is 1. The minimum atomic E-state index is -3.71. The molecule has 134 valence electrons. The molecule has 0 heterocycles. The van der Waals surface area contributed by atoms with E-state index in [1.54, 1.807) is 0 Å². The smallest absolute Gasteiger partial charge is 0.300 e. The van der Waals surface area contributed by atoms with Gasteiger partial charge in [0.1, 0.15) is 11.6 Å². The van der Waals surface area contributed by atoms with E-state index in [2.05, 4.69) is 0 Å². The molecule has 2 aromatic carbocycles. The molecule has 0 aliphatic carbocycles. The van der Waals surface area contributed by atoms with Gasteiger partial charge in [0, 0.05) is 6.08 Å². The number of hydrogen-bond acceptors (Lipinski definition) is 2. The molecule has 0 saturated heterocycles. The number of rotatable bonds is 3. The second-order valence-electron chi connectivity index (χ2n) is 4.56. The van der Waals surface area contributed by atoms with Gasteiger partial charge in [-0.1, -0.05) is 0 Å². The molecular weight excluding hydrogens is 371 g/mol. The molecule has 0 bridgehead atoms. The fourth-order valence-electron chi connectivity index (χ4n) is 1.98. The van der Waals surface area contributed by atoms with E-state index in [1.807, 2.05) is 0 Å². The molecule has 2 aromatic rings. The van der Waals surface area contributed by atoms with Crippen LogP contribution in [-0.4, -0.2) is 17.3 Å². The van der Waals surface area contributed by atoms with Gasteiger partial charge in [-0.25, -0.2) is 39.5 Å². The number of fused-ring (bicyclic) bond motifs is 1. The first-order chi connectivity index (χ1) is 11.5. The van der Waals surface area contributed by atoms with Gasteiger partial charge in [0.15, 0.2) is 34.9 Å². The summed E-state index contributed by atoms with van der Waals surface area (Å²) in [6.45, 7) is 0. The van der Waals surface area contributed by atoms with Crippen LogP contribution < -0.4 is 0 Å². The fourth-order valence-corrected chi connectivity index (χ4v) is 1.98. The van der Waals surface area contributed by atoms with Crippen LogP contribution in [0.15, 0.2) is 6.08 Å². The number of aliphatic hydroxyl groups excluding tert-OH is 1. The number of alkyl halides is 2. The minimum Gasteiger partial charge on any atom is -0.507 e. The first-order valence-electron chi connectivity index (χ1n) is 6.05. The summed E-state index contributed by atoms with van der Waals surface area (Å²) in [5.74, 6) is -21.3. The van der Waals surface area contributed by atoms with Gasteiger partial charge in [0.2, 0.25) is 5.78 Å². The maximum Gasteiger partial charge on any atom is 0.300 e. The van der Waals surface area contributed by atoms with Crippen LogP contribution in [0.5, 0.6) is 0 Å². The lowest BCUT2D eigenvalue weighted by molar-refractivity contribution is -0.124. The van der Waals surface area contributed by atoms with E-state index in [-0.39, 0.29) is 0 Å². The van der Waals surface area contributed by atoms with Crippen LogP contribution in [0.3, 0.4) is 0 Å². The topological polar surface area (TPSA) is 37.3 Å². The molecule has 0 saturated carbocycles. The van der Waals surface area contributed by atoms with Crippen LogP contribution in [-0.2, 0) is 4.79 Å². The Morgan fingerprint density at radius 2 is 1.12 bits per heavy atom. The second-order valence-corrected chi connectivity index (χ2v) is 4.56. The van der Waals surface area contributed by atoms with Gasteiger partial charge in [-0.05, 0) is 0 Å². The van der Waals surface area contributed by atoms with E-state index in [1.165, 1.54) is 0 Å². The summed E-state index contributed by atoms with van der Waals surface area (Å²) in [7, 11) is 0. The third-order valence-corrected chi connectivity index (χ3v) is 3.09. The van der Waals surface area contributed by atoms with Crippen LogP contribution >= 0.6 is 0 Å². The van der Waals surface area contributed by atoms with Gasteiger partial charge in [0.05, 0.1) is 16.3 Å². The molecule has 2 nitrogen and oxygen atoms in total. The lowest BCUT2D eigenvalue weighted by atomic mass is 10.0. The number of carbonyl (C=O) groups is 1. The molecule has 0 unspecified atom stereocenters. The monoisotopic (exact) mass is 374 g/mol. The maximum atomic E-state index is 14.2. The Balaban J connectivity index is 2.97. The Bertz CT molecular complexity index is 935. The summed E-state index contributed by atoms with van der Waals surface area (Å²) in [5.41, 5.74) is -1.94. The van der Waals surface area contributed by atoms with Crippen molar-refractivity contribution in [3.63, 3.8) is 0 Å². The molecule has 0 aliphatic rings. The largest absolute Gasteiger partial charge is 0.507 e. The van der Waals surface area contributed by atoms with Crippen molar-refractivity contribution in [2.75, 3.05) is 0 Å². The molecule has 25 heavy (non-hydrogen) atoms. The van der Waals surface area contributed by atoms with Crippen LogP contribution in [0.1, 0.15) is 5.56 Å². The molecule has 0 aromatic heterocycles. The van der Waals surface area contributed by atoms with Crippen LogP contribution in [0.4, 0.5) is 39.5 Å². The third kappa shape index (κ3) is 2.79. The molecular formula is C14H3F9O2. The second kappa shape index (κ2) is 6.30. The lowest BCUT2D eigenvalue weighted by Gasteiger charge is -2.12. The Hall–Kier alpha value is -2.72. The first kappa shape index (κ1) is 18.6. The van der Waals surface area contributed by atoms with Crippen molar-refractivity contribution < 1.29 is 49.4 Å². The van der Waals surface area contributed by atoms with Crippen molar-refractivity contribution >= 4 is 22.3 Å². The third-order valence-electron chi connectivity index (χ3n) is 3.09. The number of halogens is 9. The molecule has 2 rings (SSSR count). The molecule has 0 spiro atoms. The summed E-state index contributed by atoms with van der Waals surface area (Å²) < 4.78 is 119. The summed E-state index contributed by atoms with van der Waals surface area (Å²) in [6, 6.07) is 0. The van der Waals surface area contributed by atoms with Crippen molar-refractivity contribution in [2.45, 2.75) is 6.43 Å². The minimum absolute atomic E-state index is 0.397. The van der Waals surface area contributed by atoms with Crippen molar-refractivity contribution in [1.29, 1.82) is 0 Å². The highest BCUT2D eigenvalue weighted by Crippen LogP contribution is 2.36. The Kier molecular flexibility index (Phi) is 4.69. The van der Waals surface area contributed by atoms with Gasteiger partial charge in [0.25, 0.3) is 6.43 Å².